The van der Waals surface area contributed by atoms with Crippen LogP contribution in [0.2, 0.25) is 0 Å². The summed E-state index contributed by atoms with van der Waals surface area (Å²) in [4.78, 5) is 20.0. The number of benzene rings is 1. The summed E-state index contributed by atoms with van der Waals surface area (Å²) < 4.78 is 17.0. The third kappa shape index (κ3) is 2.70. The summed E-state index contributed by atoms with van der Waals surface area (Å²) >= 11 is 0. The van der Waals surface area contributed by atoms with Crippen LogP contribution in [0.4, 0.5) is 0 Å². The largest absolute Gasteiger partial charge is 0.492 e. The smallest absolute Gasteiger partial charge is 0.264 e. The predicted molar refractivity (Wildman–Crippen MR) is 111 cm³/mol. The molecule has 3 atom stereocenters. The van der Waals surface area contributed by atoms with E-state index in [2.05, 4.69) is 0 Å². The summed E-state index contributed by atoms with van der Waals surface area (Å²) in [5, 5.41) is 11.3. The second-order valence-electron chi connectivity index (χ2n) is 7.77. The summed E-state index contributed by atoms with van der Waals surface area (Å²) in [7, 11) is 1.59. The van der Waals surface area contributed by atoms with Gasteiger partial charge in [-0.2, -0.15) is 0 Å². The number of carbonyl (C=O) groups is 1. The van der Waals surface area contributed by atoms with Crippen molar-refractivity contribution < 1.29 is 24.1 Å². The number of para-hydroxylation sites is 1. The second kappa shape index (κ2) is 7.19. The lowest BCUT2D eigenvalue weighted by Gasteiger charge is -2.40. The van der Waals surface area contributed by atoms with Crippen LogP contribution in [0.15, 0.2) is 41.5 Å². The number of rotatable bonds is 4. The Hall–Kier alpha value is -2.74. The Balaban J connectivity index is 1.75. The molecule has 5 rings (SSSR count). The van der Waals surface area contributed by atoms with Gasteiger partial charge in [-0.3, -0.25) is 4.79 Å². The monoisotopic (exact) mass is 408 g/mol. The van der Waals surface area contributed by atoms with Gasteiger partial charge in [-0.15, -0.1) is 0 Å². The Morgan fingerprint density at radius 2 is 2.13 bits per heavy atom. The highest BCUT2D eigenvalue weighted by molar-refractivity contribution is 6.14. The normalized spacial score (nSPS) is 25.2. The average molecular weight is 408 g/mol. The molecule has 3 aliphatic heterocycles. The van der Waals surface area contributed by atoms with Crippen molar-refractivity contribution in [1.29, 1.82) is 0 Å². The van der Waals surface area contributed by atoms with Crippen LogP contribution in [-0.2, 0) is 9.47 Å². The molecule has 0 saturated heterocycles. The Morgan fingerprint density at radius 1 is 1.33 bits per heavy atom. The molecule has 1 amide bonds. The van der Waals surface area contributed by atoms with Crippen LogP contribution in [-0.4, -0.2) is 60.2 Å². The molecule has 0 fully saturated rings. The highest BCUT2D eigenvalue weighted by Crippen LogP contribution is 2.46. The third-order valence-electron chi connectivity index (χ3n) is 6.08. The van der Waals surface area contributed by atoms with Crippen molar-refractivity contribution in [1.82, 2.24) is 9.88 Å². The topological polar surface area (TPSA) is 81.1 Å². The number of pyridine rings is 1. The summed E-state index contributed by atoms with van der Waals surface area (Å²) in [6.45, 7) is 5.00. The van der Waals surface area contributed by atoms with E-state index in [-0.39, 0.29) is 24.5 Å². The third-order valence-corrected chi connectivity index (χ3v) is 6.08. The van der Waals surface area contributed by atoms with Crippen molar-refractivity contribution in [2.24, 2.45) is 5.92 Å². The first-order valence-electron chi connectivity index (χ1n) is 10.2. The van der Waals surface area contributed by atoms with E-state index < -0.39 is 6.29 Å². The number of hydrogen-bond acceptors (Lipinski definition) is 6. The van der Waals surface area contributed by atoms with E-state index in [9.17, 15) is 9.90 Å². The van der Waals surface area contributed by atoms with E-state index in [4.69, 9.17) is 19.2 Å². The summed E-state index contributed by atoms with van der Waals surface area (Å²) in [6, 6.07) is 7.69. The molecule has 0 aliphatic carbocycles. The van der Waals surface area contributed by atoms with E-state index in [1.54, 1.807) is 12.0 Å². The molecule has 7 nitrogen and oxygen atoms in total. The lowest BCUT2D eigenvalue weighted by atomic mass is 9.84. The van der Waals surface area contributed by atoms with Gasteiger partial charge in [-0.1, -0.05) is 12.1 Å². The molecular weight excluding hydrogens is 384 g/mol. The molecule has 4 heterocycles. The fourth-order valence-corrected chi connectivity index (χ4v) is 4.67. The van der Waals surface area contributed by atoms with Gasteiger partial charge in [0.2, 0.25) is 0 Å². The van der Waals surface area contributed by atoms with E-state index in [1.165, 1.54) is 0 Å². The molecule has 0 saturated carbocycles. The van der Waals surface area contributed by atoms with Gasteiger partial charge in [0.1, 0.15) is 17.0 Å². The Bertz CT molecular complexity index is 1110. The first-order valence-corrected chi connectivity index (χ1v) is 10.2. The minimum Gasteiger partial charge on any atom is -0.492 e. The average Bonchev–Trinajstić information content (AvgIpc) is 3.01. The van der Waals surface area contributed by atoms with Crippen LogP contribution >= 0.6 is 0 Å². The maximum Gasteiger partial charge on any atom is 0.264 e. The zero-order valence-electron chi connectivity index (χ0n) is 17.2. The van der Waals surface area contributed by atoms with Gasteiger partial charge >= 0.3 is 0 Å². The van der Waals surface area contributed by atoms with Crippen molar-refractivity contribution in [3.63, 3.8) is 0 Å². The fourth-order valence-electron chi connectivity index (χ4n) is 4.67. The standard InChI is InChI=1S/C23H24N2O5/c1-4-29-21-13-7-5-6-8-17(13)24-20-18-9-14-15(10-25(18)22(26)19(20)21)12(2)30-23(27)16(14)11-28-3/h5-9,12,15,23,27H,4,10-11H2,1-3H3/t12-,15-,23?/m0/s1. The Kier molecular flexibility index (Phi) is 4.61. The number of aliphatic hydroxyl groups is 1. The van der Waals surface area contributed by atoms with Gasteiger partial charge in [0.25, 0.3) is 5.91 Å². The van der Waals surface area contributed by atoms with Gasteiger partial charge in [0.15, 0.2) is 6.29 Å². The molecule has 3 aliphatic rings. The van der Waals surface area contributed by atoms with Crippen molar-refractivity contribution in [2.75, 3.05) is 26.9 Å². The van der Waals surface area contributed by atoms with Crippen molar-refractivity contribution in [2.45, 2.75) is 26.2 Å². The number of fused-ring (bicyclic) bond motifs is 5. The summed E-state index contributed by atoms with van der Waals surface area (Å²) in [6.07, 6.45) is 0.712. The molecule has 1 aromatic carbocycles. The van der Waals surface area contributed by atoms with Gasteiger partial charge in [0, 0.05) is 30.5 Å². The van der Waals surface area contributed by atoms with Crippen molar-refractivity contribution in [3.8, 4) is 5.75 Å². The molecule has 30 heavy (non-hydrogen) atoms. The van der Waals surface area contributed by atoms with E-state index >= 15 is 0 Å². The molecule has 1 N–H and O–H groups in total. The zero-order chi connectivity index (χ0) is 21.0. The number of aliphatic hydroxyl groups excluding tert-OH is 1. The number of methoxy groups -OCH3 is 1. The van der Waals surface area contributed by atoms with Crippen LogP contribution in [0.3, 0.4) is 0 Å². The van der Waals surface area contributed by atoms with Gasteiger partial charge in [-0.25, -0.2) is 4.98 Å². The Morgan fingerprint density at radius 3 is 2.90 bits per heavy atom. The molecule has 0 bridgehead atoms. The molecular formula is C23H24N2O5. The van der Waals surface area contributed by atoms with Gasteiger partial charge in [-0.05, 0) is 37.6 Å². The van der Waals surface area contributed by atoms with Crippen LogP contribution in [0.1, 0.15) is 29.9 Å². The lowest BCUT2D eigenvalue weighted by Crippen LogP contribution is -2.44. The zero-order valence-corrected chi connectivity index (χ0v) is 17.2. The van der Waals surface area contributed by atoms with E-state index in [1.807, 2.05) is 44.2 Å². The van der Waals surface area contributed by atoms with Gasteiger partial charge in [0.05, 0.1) is 30.5 Å². The predicted octanol–water partition coefficient (Wildman–Crippen LogP) is 2.74. The lowest BCUT2D eigenvalue weighted by molar-refractivity contribution is -0.135. The van der Waals surface area contributed by atoms with Gasteiger partial charge < -0.3 is 24.2 Å². The molecule has 156 valence electrons. The van der Waals surface area contributed by atoms with Crippen molar-refractivity contribution in [3.05, 3.63) is 52.7 Å². The van der Waals surface area contributed by atoms with E-state index in [0.717, 1.165) is 22.2 Å². The highest BCUT2D eigenvalue weighted by Gasteiger charge is 2.45. The fraction of sp³-hybridized carbons (Fsp3) is 0.391. The van der Waals surface area contributed by atoms with Crippen LogP contribution in [0.5, 0.6) is 5.75 Å². The minimum atomic E-state index is -1.02. The SMILES string of the molecule is CCOc1c2c(nc3ccccc13)C1=CC3=C(COC)C(O)O[C@@H](C)[C@@H]3CN1C2=O. The summed E-state index contributed by atoms with van der Waals surface area (Å²) in [5.74, 6) is 0.422. The number of aromatic nitrogens is 1. The highest BCUT2D eigenvalue weighted by atomic mass is 16.6. The molecule has 7 heteroatoms. The molecule has 1 aromatic heterocycles. The van der Waals surface area contributed by atoms with E-state index in [0.29, 0.717) is 35.7 Å². The number of allylic oxidation sites excluding steroid dienone is 1. The van der Waals surface area contributed by atoms with Crippen LogP contribution < -0.4 is 4.74 Å². The maximum atomic E-state index is 13.5. The number of nitrogens with zero attached hydrogens (tertiary/aromatic N) is 2. The van der Waals surface area contributed by atoms with Crippen molar-refractivity contribution >= 4 is 22.5 Å². The molecule has 1 unspecified atom stereocenters. The van der Waals surface area contributed by atoms with Crippen LogP contribution in [0, 0.1) is 5.92 Å². The number of ether oxygens (including phenoxy) is 3. The van der Waals surface area contributed by atoms with Crippen LogP contribution in [0.25, 0.3) is 16.6 Å². The second-order valence-corrected chi connectivity index (χ2v) is 7.77. The molecule has 0 spiro atoms. The number of amides is 1. The first-order chi connectivity index (χ1) is 14.5. The first kappa shape index (κ1) is 19.2. The maximum absolute atomic E-state index is 13.5. The quantitative estimate of drug-likeness (QED) is 0.838. The number of hydrogen-bond donors (Lipinski definition) is 1. The molecule has 0 radical (unpaired) electrons. The Labute approximate surface area is 174 Å². The summed E-state index contributed by atoms with van der Waals surface area (Å²) in [5.41, 5.74) is 4.30. The minimum absolute atomic E-state index is 0.0504. The number of carbonyl (C=O) groups excluding carboxylic acids is 1. The molecule has 2 aromatic rings.